The average Bonchev–Trinajstić information content (AvgIpc) is 2.64. The zero-order chi connectivity index (χ0) is 21.8. The molecule has 0 unspecified atom stereocenters. The molecule has 2 aromatic rings. The van der Waals surface area contributed by atoms with Gasteiger partial charge in [0.1, 0.15) is 6.04 Å². The first-order valence-electron chi connectivity index (χ1n) is 9.20. The number of esters is 1. The largest absolute Gasteiger partial charge is 0.462 e. The molecule has 0 aromatic heterocycles. The van der Waals surface area contributed by atoms with Crippen LogP contribution in [0.2, 0.25) is 0 Å². The summed E-state index contributed by atoms with van der Waals surface area (Å²) >= 11 is 0. The second-order valence-electron chi connectivity index (χ2n) is 6.78. The van der Waals surface area contributed by atoms with Crippen LogP contribution in [0.3, 0.4) is 0 Å². The maximum atomic E-state index is 12.9. The normalized spacial score (nSPS) is 12.2. The Kier molecular flexibility index (Phi) is 7.02. The molecule has 0 aliphatic rings. The third-order valence-corrected chi connectivity index (χ3v) is 5.60. The third-order valence-electron chi connectivity index (χ3n) is 4.37. The molecule has 0 fully saturated rings. The molecule has 0 heterocycles. The van der Waals surface area contributed by atoms with E-state index >= 15 is 0 Å². The first kappa shape index (κ1) is 22.4. The maximum absolute atomic E-state index is 12.9. The molecular weight excluding hydrogens is 392 g/mol. The maximum Gasteiger partial charge on any atom is 0.340 e. The fourth-order valence-electron chi connectivity index (χ4n) is 2.95. The average molecular weight is 419 g/mol. The van der Waals surface area contributed by atoms with Gasteiger partial charge in [-0.15, -0.1) is 0 Å². The second kappa shape index (κ2) is 9.09. The van der Waals surface area contributed by atoms with Crippen LogP contribution in [-0.2, 0) is 19.6 Å². The second-order valence-corrected chi connectivity index (χ2v) is 8.64. The Bertz CT molecular complexity index is 1020. The molecule has 0 radical (unpaired) electrons. The lowest BCUT2D eigenvalue weighted by molar-refractivity contribution is -0.116. The first-order valence-corrected chi connectivity index (χ1v) is 11.0. The summed E-state index contributed by atoms with van der Waals surface area (Å²) in [6, 6.07) is 10.8. The molecule has 1 atom stereocenters. The lowest BCUT2D eigenvalue weighted by Crippen LogP contribution is -2.45. The lowest BCUT2D eigenvalue weighted by atomic mass is 10.1. The zero-order valence-electron chi connectivity index (χ0n) is 17.2. The lowest BCUT2D eigenvalue weighted by Gasteiger charge is -2.30. The van der Waals surface area contributed by atoms with Gasteiger partial charge in [-0.25, -0.2) is 13.2 Å². The predicted molar refractivity (Wildman–Crippen MR) is 114 cm³/mol. The summed E-state index contributed by atoms with van der Waals surface area (Å²) in [7, 11) is -3.75. The molecule has 0 aliphatic heterocycles. The highest BCUT2D eigenvalue weighted by molar-refractivity contribution is 7.92. The number of hydrogen-bond donors (Lipinski definition) is 1. The highest BCUT2D eigenvalue weighted by Crippen LogP contribution is 2.27. The number of carbonyl (C=O) groups excluding carboxylic acids is 2. The molecule has 2 aromatic carbocycles. The Morgan fingerprint density at radius 1 is 1.14 bits per heavy atom. The van der Waals surface area contributed by atoms with Gasteiger partial charge in [0.2, 0.25) is 15.9 Å². The zero-order valence-corrected chi connectivity index (χ0v) is 18.0. The van der Waals surface area contributed by atoms with Gasteiger partial charge in [-0.1, -0.05) is 24.3 Å². The van der Waals surface area contributed by atoms with Gasteiger partial charge in [0.15, 0.2) is 0 Å². The minimum absolute atomic E-state index is 0.200. The van der Waals surface area contributed by atoms with E-state index in [2.05, 4.69) is 5.32 Å². The number of hydrogen-bond acceptors (Lipinski definition) is 5. The van der Waals surface area contributed by atoms with E-state index in [9.17, 15) is 18.0 Å². The minimum atomic E-state index is -3.75. The molecule has 156 valence electrons. The van der Waals surface area contributed by atoms with Crippen molar-refractivity contribution in [3.8, 4) is 0 Å². The molecule has 7 nitrogen and oxygen atoms in total. The van der Waals surface area contributed by atoms with Crippen molar-refractivity contribution >= 4 is 33.3 Å². The first-order chi connectivity index (χ1) is 13.6. The van der Waals surface area contributed by atoms with Gasteiger partial charge in [-0.2, -0.15) is 0 Å². The number of amides is 1. The van der Waals surface area contributed by atoms with Gasteiger partial charge in [0.25, 0.3) is 0 Å². The van der Waals surface area contributed by atoms with Gasteiger partial charge in [0, 0.05) is 0 Å². The summed E-state index contributed by atoms with van der Waals surface area (Å²) in [6.07, 6.45) is 1.06. The fraction of sp³-hybridized carbons (Fsp3) is 0.333. The molecule has 1 amide bonds. The van der Waals surface area contributed by atoms with Crippen LogP contribution >= 0.6 is 0 Å². The molecule has 0 saturated carbocycles. The van der Waals surface area contributed by atoms with Crippen LogP contribution in [0.5, 0.6) is 0 Å². The number of sulfonamides is 1. The van der Waals surface area contributed by atoms with Gasteiger partial charge in [-0.3, -0.25) is 9.10 Å². The van der Waals surface area contributed by atoms with Gasteiger partial charge < -0.3 is 10.1 Å². The number of aryl methyl sites for hydroxylation is 2. The number of carbonyl (C=O) groups is 2. The van der Waals surface area contributed by atoms with E-state index in [-0.39, 0.29) is 17.9 Å². The number of ether oxygens (including phenoxy) is 1. The van der Waals surface area contributed by atoms with Crippen molar-refractivity contribution in [1.82, 2.24) is 0 Å². The molecule has 0 saturated heterocycles. The Morgan fingerprint density at radius 2 is 1.79 bits per heavy atom. The monoisotopic (exact) mass is 418 g/mol. The molecular formula is C21H26N2O5S. The highest BCUT2D eigenvalue weighted by atomic mass is 32.2. The quantitative estimate of drug-likeness (QED) is 0.697. The molecule has 2 rings (SSSR count). The number of para-hydroxylation sites is 1. The summed E-state index contributed by atoms with van der Waals surface area (Å²) in [4.78, 5) is 25.1. The number of nitrogens with one attached hydrogen (secondary N) is 1. The van der Waals surface area contributed by atoms with Crippen LogP contribution in [0.4, 0.5) is 11.4 Å². The van der Waals surface area contributed by atoms with Crippen LogP contribution in [0.25, 0.3) is 0 Å². The van der Waals surface area contributed by atoms with Crippen molar-refractivity contribution in [1.29, 1.82) is 0 Å². The Labute approximate surface area is 171 Å². The topological polar surface area (TPSA) is 92.8 Å². The standard InChI is InChI=1S/C21H26N2O5S/c1-6-28-21(25)17-9-7-8-10-18(17)22-20(24)16(4)23(29(5,26)27)19-13-14(2)11-12-15(19)3/h7-13,16H,6H2,1-5H3,(H,22,24)/t16-/m0/s1. The van der Waals surface area contributed by atoms with E-state index < -0.39 is 27.9 Å². The van der Waals surface area contributed by atoms with E-state index in [1.165, 1.54) is 13.0 Å². The number of anilines is 2. The van der Waals surface area contributed by atoms with Crippen LogP contribution in [-0.4, -0.2) is 39.2 Å². The van der Waals surface area contributed by atoms with E-state index in [4.69, 9.17) is 4.74 Å². The smallest absolute Gasteiger partial charge is 0.340 e. The van der Waals surface area contributed by atoms with E-state index in [1.54, 1.807) is 38.1 Å². The fourth-order valence-corrected chi connectivity index (χ4v) is 4.18. The van der Waals surface area contributed by atoms with Gasteiger partial charge in [-0.05, 0) is 57.0 Å². The summed E-state index contributed by atoms with van der Waals surface area (Å²) in [5.74, 6) is -1.13. The molecule has 8 heteroatoms. The van der Waals surface area contributed by atoms with E-state index in [0.29, 0.717) is 5.69 Å². The van der Waals surface area contributed by atoms with Gasteiger partial charge >= 0.3 is 5.97 Å². The van der Waals surface area contributed by atoms with E-state index in [1.807, 2.05) is 19.1 Å². The van der Waals surface area contributed by atoms with Crippen LogP contribution in [0.15, 0.2) is 42.5 Å². The summed E-state index contributed by atoms with van der Waals surface area (Å²) in [5.41, 5.74) is 2.51. The Balaban J connectivity index is 2.39. The van der Waals surface area contributed by atoms with Crippen molar-refractivity contribution < 1.29 is 22.7 Å². The van der Waals surface area contributed by atoms with Crippen molar-refractivity contribution in [2.45, 2.75) is 33.7 Å². The molecule has 0 aliphatic carbocycles. The summed E-state index contributed by atoms with van der Waals surface area (Å²) < 4.78 is 31.2. The van der Waals surface area contributed by atoms with E-state index in [0.717, 1.165) is 21.7 Å². The minimum Gasteiger partial charge on any atom is -0.462 e. The van der Waals surface area contributed by atoms with Crippen molar-refractivity contribution in [3.05, 3.63) is 59.2 Å². The molecule has 0 bridgehead atoms. The summed E-state index contributed by atoms with van der Waals surface area (Å²) in [6.45, 7) is 7.03. The van der Waals surface area contributed by atoms with Crippen LogP contribution < -0.4 is 9.62 Å². The molecule has 29 heavy (non-hydrogen) atoms. The van der Waals surface area contributed by atoms with Crippen molar-refractivity contribution in [2.75, 3.05) is 22.5 Å². The SMILES string of the molecule is CCOC(=O)c1ccccc1NC(=O)[C@H](C)N(c1cc(C)ccc1C)S(C)(=O)=O. The van der Waals surface area contributed by atoms with Crippen LogP contribution in [0, 0.1) is 13.8 Å². The van der Waals surface area contributed by atoms with Gasteiger partial charge in [0.05, 0.1) is 29.8 Å². The van der Waals surface area contributed by atoms with Crippen molar-refractivity contribution in [2.24, 2.45) is 0 Å². The predicted octanol–water partition coefficient (Wildman–Crippen LogP) is 3.27. The highest BCUT2D eigenvalue weighted by Gasteiger charge is 2.31. The Hall–Kier alpha value is -2.87. The number of nitrogens with zero attached hydrogens (tertiary/aromatic N) is 1. The third kappa shape index (κ3) is 5.35. The van der Waals surface area contributed by atoms with Crippen molar-refractivity contribution in [3.63, 3.8) is 0 Å². The number of rotatable bonds is 7. The number of benzene rings is 2. The molecule has 1 N–H and O–H groups in total. The summed E-state index contributed by atoms with van der Waals surface area (Å²) in [5, 5.41) is 2.66. The Morgan fingerprint density at radius 3 is 2.41 bits per heavy atom. The van der Waals surface area contributed by atoms with Crippen LogP contribution in [0.1, 0.15) is 35.3 Å². The molecule has 0 spiro atoms.